The van der Waals surface area contributed by atoms with E-state index in [-0.39, 0.29) is 19.1 Å². The molecule has 25 heavy (non-hydrogen) atoms. The van der Waals surface area contributed by atoms with E-state index in [2.05, 4.69) is 27.9 Å². The summed E-state index contributed by atoms with van der Waals surface area (Å²) in [5.74, 6) is 0.686. The summed E-state index contributed by atoms with van der Waals surface area (Å²) in [6.45, 7) is 3.95. The van der Waals surface area contributed by atoms with Gasteiger partial charge in [0.05, 0.1) is 16.8 Å². The lowest BCUT2D eigenvalue weighted by Gasteiger charge is -2.15. The number of nitrogens with one attached hydrogen (secondary N) is 1. The van der Waals surface area contributed by atoms with Crippen molar-refractivity contribution in [1.82, 2.24) is 0 Å². The zero-order chi connectivity index (χ0) is 18.4. The Hall–Kier alpha value is -1.51. The minimum absolute atomic E-state index is 0.0922. The molecule has 0 atom stereocenters. The predicted octanol–water partition coefficient (Wildman–Crippen LogP) is 4.16. The van der Waals surface area contributed by atoms with Crippen LogP contribution in [-0.2, 0) is 11.4 Å². The smallest absolute Gasteiger partial charge is 0.262 e. The summed E-state index contributed by atoms with van der Waals surface area (Å²) in [7, 11) is 0. The molecule has 2 aromatic carbocycles. The van der Waals surface area contributed by atoms with Crippen LogP contribution in [0.5, 0.6) is 11.5 Å². The van der Waals surface area contributed by atoms with Crippen molar-refractivity contribution in [3.63, 3.8) is 0 Å². The molecular formula is C18H19ClINO4. The van der Waals surface area contributed by atoms with Crippen LogP contribution in [0.1, 0.15) is 18.1 Å². The van der Waals surface area contributed by atoms with Crippen LogP contribution in [0.4, 0.5) is 5.69 Å². The molecule has 0 fully saturated rings. The zero-order valence-electron chi connectivity index (χ0n) is 13.9. The van der Waals surface area contributed by atoms with Gasteiger partial charge >= 0.3 is 0 Å². The Morgan fingerprint density at radius 1 is 1.28 bits per heavy atom. The van der Waals surface area contributed by atoms with Crippen LogP contribution in [0.15, 0.2) is 30.3 Å². The second-order valence-electron chi connectivity index (χ2n) is 5.30. The van der Waals surface area contributed by atoms with Crippen molar-refractivity contribution in [1.29, 1.82) is 0 Å². The highest BCUT2D eigenvalue weighted by Crippen LogP contribution is 2.34. The van der Waals surface area contributed by atoms with Gasteiger partial charge in [-0.05, 0) is 71.8 Å². The fraction of sp³-hybridized carbons (Fsp3) is 0.278. The number of aryl methyl sites for hydroxylation is 1. The lowest BCUT2D eigenvalue weighted by Crippen LogP contribution is -2.20. The molecular weight excluding hydrogens is 457 g/mol. The van der Waals surface area contributed by atoms with Gasteiger partial charge in [0.15, 0.2) is 18.1 Å². The van der Waals surface area contributed by atoms with Gasteiger partial charge in [-0.3, -0.25) is 4.79 Å². The molecule has 2 aromatic rings. The molecule has 0 bridgehead atoms. The molecule has 2 rings (SSSR count). The highest BCUT2D eigenvalue weighted by atomic mass is 127. The standard InChI is InChI=1S/C18H19ClINO4/c1-3-24-16-7-12(9-22)6-15(20)18(16)25-10-17(23)21-13-5-4-11(2)14(19)8-13/h4-8,22H,3,9-10H2,1-2H3,(H,21,23). The second-order valence-corrected chi connectivity index (χ2v) is 6.87. The van der Waals surface area contributed by atoms with Crippen molar-refractivity contribution < 1.29 is 19.4 Å². The van der Waals surface area contributed by atoms with E-state index in [0.717, 1.165) is 14.7 Å². The minimum atomic E-state index is -0.301. The number of hydrogen-bond acceptors (Lipinski definition) is 4. The van der Waals surface area contributed by atoms with Gasteiger partial charge in [-0.25, -0.2) is 0 Å². The fourth-order valence-electron chi connectivity index (χ4n) is 2.12. The quantitative estimate of drug-likeness (QED) is 0.590. The summed E-state index contributed by atoms with van der Waals surface area (Å²) in [5.41, 5.74) is 2.27. The third kappa shape index (κ3) is 5.49. The van der Waals surface area contributed by atoms with Gasteiger partial charge < -0.3 is 19.9 Å². The third-order valence-electron chi connectivity index (χ3n) is 3.35. The number of carbonyl (C=O) groups is 1. The van der Waals surface area contributed by atoms with Gasteiger partial charge in [-0.15, -0.1) is 0 Å². The molecule has 0 aliphatic rings. The number of rotatable bonds is 7. The Morgan fingerprint density at radius 2 is 2.04 bits per heavy atom. The Balaban J connectivity index is 2.06. The minimum Gasteiger partial charge on any atom is -0.490 e. The number of aliphatic hydroxyl groups excluding tert-OH is 1. The molecule has 0 saturated heterocycles. The molecule has 7 heteroatoms. The first-order chi connectivity index (χ1) is 11.9. The summed E-state index contributed by atoms with van der Waals surface area (Å²) in [5, 5.41) is 12.6. The molecule has 0 heterocycles. The number of anilines is 1. The number of halogens is 2. The summed E-state index contributed by atoms with van der Waals surface area (Å²) in [6, 6.07) is 8.81. The van der Waals surface area contributed by atoms with Crippen molar-refractivity contribution in [3.8, 4) is 11.5 Å². The van der Waals surface area contributed by atoms with Crippen molar-refractivity contribution in [2.24, 2.45) is 0 Å². The summed E-state index contributed by atoms with van der Waals surface area (Å²) in [4.78, 5) is 12.1. The maximum atomic E-state index is 12.1. The van der Waals surface area contributed by atoms with E-state index < -0.39 is 0 Å². The Morgan fingerprint density at radius 3 is 2.68 bits per heavy atom. The van der Waals surface area contributed by atoms with Crippen molar-refractivity contribution in [3.05, 3.63) is 50.1 Å². The summed E-state index contributed by atoms with van der Waals surface area (Å²) < 4.78 is 12.0. The van der Waals surface area contributed by atoms with E-state index in [4.69, 9.17) is 21.1 Å². The maximum absolute atomic E-state index is 12.1. The van der Waals surface area contributed by atoms with Crippen molar-refractivity contribution in [2.75, 3.05) is 18.5 Å². The number of benzene rings is 2. The van der Waals surface area contributed by atoms with E-state index in [1.54, 1.807) is 24.3 Å². The van der Waals surface area contributed by atoms with Gasteiger partial charge in [-0.1, -0.05) is 17.7 Å². The Labute approximate surface area is 165 Å². The lowest BCUT2D eigenvalue weighted by molar-refractivity contribution is -0.118. The van der Waals surface area contributed by atoms with Crippen LogP contribution < -0.4 is 14.8 Å². The van der Waals surface area contributed by atoms with Crippen LogP contribution in [0.25, 0.3) is 0 Å². The van der Waals surface area contributed by atoms with Crippen molar-refractivity contribution >= 4 is 45.8 Å². The lowest BCUT2D eigenvalue weighted by atomic mass is 10.2. The molecule has 2 N–H and O–H groups in total. The largest absolute Gasteiger partial charge is 0.490 e. The van der Waals surface area contributed by atoms with E-state index in [9.17, 15) is 9.90 Å². The topological polar surface area (TPSA) is 67.8 Å². The predicted molar refractivity (Wildman–Crippen MR) is 107 cm³/mol. The molecule has 0 saturated carbocycles. The van der Waals surface area contributed by atoms with Gasteiger partial charge in [0.2, 0.25) is 0 Å². The molecule has 1 amide bonds. The van der Waals surface area contributed by atoms with Crippen LogP contribution >= 0.6 is 34.2 Å². The highest BCUT2D eigenvalue weighted by Gasteiger charge is 2.14. The van der Waals surface area contributed by atoms with Gasteiger partial charge in [0.25, 0.3) is 5.91 Å². The van der Waals surface area contributed by atoms with Crippen LogP contribution in [0, 0.1) is 10.5 Å². The van der Waals surface area contributed by atoms with Gasteiger partial charge in [-0.2, -0.15) is 0 Å². The van der Waals surface area contributed by atoms with Crippen LogP contribution in [-0.4, -0.2) is 24.2 Å². The highest BCUT2D eigenvalue weighted by molar-refractivity contribution is 14.1. The number of carbonyl (C=O) groups excluding carboxylic acids is 1. The molecule has 0 radical (unpaired) electrons. The molecule has 0 aliphatic heterocycles. The molecule has 0 aromatic heterocycles. The second kappa shape index (κ2) is 9.26. The Bertz CT molecular complexity index is 767. The first-order valence-corrected chi connectivity index (χ1v) is 9.15. The van der Waals surface area contributed by atoms with Gasteiger partial charge in [0.1, 0.15) is 0 Å². The normalized spacial score (nSPS) is 10.4. The van der Waals surface area contributed by atoms with E-state index in [0.29, 0.717) is 28.8 Å². The van der Waals surface area contributed by atoms with E-state index in [1.165, 1.54) is 0 Å². The van der Waals surface area contributed by atoms with E-state index in [1.807, 2.05) is 19.9 Å². The average molecular weight is 476 g/mol. The molecule has 134 valence electrons. The maximum Gasteiger partial charge on any atom is 0.262 e. The molecule has 0 aliphatic carbocycles. The third-order valence-corrected chi connectivity index (χ3v) is 4.56. The van der Waals surface area contributed by atoms with Crippen LogP contribution in [0.3, 0.4) is 0 Å². The first-order valence-electron chi connectivity index (χ1n) is 7.69. The monoisotopic (exact) mass is 475 g/mol. The molecule has 0 spiro atoms. The number of hydrogen-bond donors (Lipinski definition) is 2. The van der Waals surface area contributed by atoms with Gasteiger partial charge in [0, 0.05) is 10.7 Å². The average Bonchev–Trinajstić information content (AvgIpc) is 2.57. The zero-order valence-corrected chi connectivity index (χ0v) is 16.8. The fourth-order valence-corrected chi connectivity index (χ4v) is 3.12. The van der Waals surface area contributed by atoms with E-state index >= 15 is 0 Å². The first kappa shape index (κ1) is 19.8. The van der Waals surface area contributed by atoms with Crippen molar-refractivity contribution in [2.45, 2.75) is 20.5 Å². The summed E-state index contributed by atoms with van der Waals surface area (Å²) in [6.07, 6.45) is 0. The molecule has 5 nitrogen and oxygen atoms in total. The number of ether oxygens (including phenoxy) is 2. The SMILES string of the molecule is CCOc1cc(CO)cc(I)c1OCC(=O)Nc1ccc(C)c(Cl)c1. The van der Waals surface area contributed by atoms with Crippen LogP contribution in [0.2, 0.25) is 5.02 Å². The summed E-state index contributed by atoms with van der Waals surface area (Å²) >= 11 is 8.14. The number of amides is 1. The Kier molecular flexibility index (Phi) is 7.34. The molecule has 0 unspecified atom stereocenters. The number of aliphatic hydroxyl groups is 1.